The van der Waals surface area contributed by atoms with E-state index in [1.807, 2.05) is 0 Å². The average Bonchev–Trinajstić information content (AvgIpc) is 2.51. The Labute approximate surface area is 132 Å². The zero-order chi connectivity index (χ0) is 18.1. The van der Waals surface area contributed by atoms with E-state index in [2.05, 4.69) is 0 Å². The third-order valence-electron chi connectivity index (χ3n) is 3.04. The summed E-state index contributed by atoms with van der Waals surface area (Å²) in [6.07, 6.45) is -5.31. The Bertz CT molecular complexity index is 804. The minimum absolute atomic E-state index is 0.0939. The monoisotopic (exact) mass is 344 g/mol. The molecule has 0 bridgehead atoms. The summed E-state index contributed by atoms with van der Waals surface area (Å²) in [4.78, 5) is 22.4. The van der Waals surface area contributed by atoms with Crippen LogP contribution in [0.4, 0.5) is 27.6 Å². The molecule has 4 nitrogen and oxygen atoms in total. The number of carbonyl (C=O) groups is 2. The minimum Gasteiger partial charge on any atom is -0.366 e. The Morgan fingerprint density at radius 3 is 2.08 bits per heavy atom. The SMILES string of the molecule is NC(=O)c1cc(NC(=O)C(F)(F)F)c(F)c(F)c1-c1ccccc1. The molecule has 2 rings (SSSR count). The van der Waals surface area contributed by atoms with E-state index in [4.69, 9.17) is 5.73 Å². The zero-order valence-electron chi connectivity index (χ0n) is 11.7. The van der Waals surface area contributed by atoms with Gasteiger partial charge < -0.3 is 11.1 Å². The molecule has 2 aromatic rings. The van der Waals surface area contributed by atoms with Gasteiger partial charge in [0.05, 0.1) is 11.3 Å². The van der Waals surface area contributed by atoms with Gasteiger partial charge in [-0.25, -0.2) is 8.78 Å². The van der Waals surface area contributed by atoms with E-state index >= 15 is 0 Å². The number of carbonyl (C=O) groups excluding carboxylic acids is 2. The maximum atomic E-state index is 14.3. The quantitative estimate of drug-likeness (QED) is 0.839. The first-order chi connectivity index (χ1) is 11.1. The summed E-state index contributed by atoms with van der Waals surface area (Å²) in [5.74, 6) is -7.05. The Morgan fingerprint density at radius 2 is 1.58 bits per heavy atom. The molecule has 126 valence electrons. The second-order valence-corrected chi connectivity index (χ2v) is 4.66. The average molecular weight is 344 g/mol. The van der Waals surface area contributed by atoms with Crippen molar-refractivity contribution in [2.75, 3.05) is 5.32 Å². The van der Waals surface area contributed by atoms with Crippen molar-refractivity contribution in [3.05, 3.63) is 53.6 Å². The number of rotatable bonds is 3. The Hall–Kier alpha value is -2.97. The maximum Gasteiger partial charge on any atom is 0.471 e. The Balaban J connectivity index is 2.63. The molecule has 0 aliphatic heterocycles. The molecule has 0 unspecified atom stereocenters. The zero-order valence-corrected chi connectivity index (χ0v) is 11.7. The van der Waals surface area contributed by atoms with Crippen LogP contribution in [0.15, 0.2) is 36.4 Å². The Kier molecular flexibility index (Phi) is 4.54. The van der Waals surface area contributed by atoms with E-state index < -0.39 is 46.4 Å². The van der Waals surface area contributed by atoms with Gasteiger partial charge in [0.1, 0.15) is 0 Å². The van der Waals surface area contributed by atoms with Crippen molar-refractivity contribution >= 4 is 17.5 Å². The molecule has 0 atom stereocenters. The number of anilines is 1. The van der Waals surface area contributed by atoms with Gasteiger partial charge in [-0.15, -0.1) is 0 Å². The van der Waals surface area contributed by atoms with Crippen LogP contribution in [-0.4, -0.2) is 18.0 Å². The largest absolute Gasteiger partial charge is 0.471 e. The van der Waals surface area contributed by atoms with E-state index in [0.29, 0.717) is 6.07 Å². The van der Waals surface area contributed by atoms with Gasteiger partial charge in [0.2, 0.25) is 5.91 Å². The molecular weight excluding hydrogens is 335 g/mol. The van der Waals surface area contributed by atoms with Crippen LogP contribution in [0.5, 0.6) is 0 Å². The third kappa shape index (κ3) is 3.34. The molecule has 0 saturated heterocycles. The van der Waals surface area contributed by atoms with Crippen LogP contribution >= 0.6 is 0 Å². The van der Waals surface area contributed by atoms with Gasteiger partial charge in [-0.3, -0.25) is 9.59 Å². The van der Waals surface area contributed by atoms with E-state index in [9.17, 15) is 31.5 Å². The van der Waals surface area contributed by atoms with Crippen molar-refractivity contribution in [2.45, 2.75) is 6.18 Å². The fourth-order valence-electron chi connectivity index (χ4n) is 1.99. The molecule has 2 amide bonds. The molecule has 24 heavy (non-hydrogen) atoms. The summed E-state index contributed by atoms with van der Waals surface area (Å²) in [6, 6.07) is 7.83. The van der Waals surface area contributed by atoms with Gasteiger partial charge in [0.25, 0.3) is 0 Å². The standard InChI is InChI=1S/C15H9F5N2O2/c16-11-9(22-14(24)15(18,19)20)6-8(13(21)23)10(12(11)17)7-4-2-1-3-5-7/h1-6H,(H2,21,23)(H,22,24). The van der Waals surface area contributed by atoms with Gasteiger partial charge in [-0.2, -0.15) is 13.2 Å². The summed E-state index contributed by atoms with van der Waals surface area (Å²) in [6.45, 7) is 0. The number of hydrogen-bond donors (Lipinski definition) is 2. The van der Waals surface area contributed by atoms with Crippen molar-refractivity contribution < 1.29 is 31.5 Å². The summed E-state index contributed by atoms with van der Waals surface area (Å²) in [5, 5.41) is 1.18. The summed E-state index contributed by atoms with van der Waals surface area (Å²) >= 11 is 0. The molecule has 0 aliphatic carbocycles. The first-order valence-corrected chi connectivity index (χ1v) is 6.38. The predicted octanol–water partition coefficient (Wildman–Crippen LogP) is 3.23. The highest BCUT2D eigenvalue weighted by molar-refractivity contribution is 6.03. The number of halogens is 5. The second-order valence-electron chi connectivity index (χ2n) is 4.66. The first-order valence-electron chi connectivity index (χ1n) is 6.38. The third-order valence-corrected chi connectivity index (χ3v) is 3.04. The topological polar surface area (TPSA) is 72.2 Å². The lowest BCUT2D eigenvalue weighted by molar-refractivity contribution is -0.167. The lowest BCUT2D eigenvalue weighted by Gasteiger charge is -2.14. The molecule has 9 heteroatoms. The lowest BCUT2D eigenvalue weighted by atomic mass is 9.97. The molecular formula is C15H9F5N2O2. The number of alkyl halides is 3. The molecule has 0 heterocycles. The van der Waals surface area contributed by atoms with E-state index in [0.717, 1.165) is 0 Å². The number of amides is 2. The minimum atomic E-state index is -5.31. The van der Waals surface area contributed by atoms with Gasteiger partial charge in [-0.05, 0) is 11.6 Å². The molecule has 2 aromatic carbocycles. The van der Waals surface area contributed by atoms with Gasteiger partial charge in [0, 0.05) is 5.56 Å². The number of nitrogens with one attached hydrogen (secondary N) is 1. The van der Waals surface area contributed by atoms with Crippen molar-refractivity contribution in [1.82, 2.24) is 0 Å². The van der Waals surface area contributed by atoms with Gasteiger partial charge in [-0.1, -0.05) is 30.3 Å². The van der Waals surface area contributed by atoms with Crippen LogP contribution < -0.4 is 11.1 Å². The van der Waals surface area contributed by atoms with E-state index in [1.54, 1.807) is 6.07 Å². The maximum absolute atomic E-state index is 14.3. The molecule has 0 spiro atoms. The van der Waals surface area contributed by atoms with Crippen LogP contribution in [0.1, 0.15) is 10.4 Å². The molecule has 0 radical (unpaired) electrons. The number of nitrogens with two attached hydrogens (primary N) is 1. The number of primary amides is 1. The summed E-state index contributed by atoms with van der Waals surface area (Å²) < 4.78 is 65.1. The fourth-order valence-corrected chi connectivity index (χ4v) is 1.99. The molecule has 0 saturated carbocycles. The summed E-state index contributed by atoms with van der Waals surface area (Å²) in [5.41, 5.74) is 2.97. The fraction of sp³-hybridized carbons (Fsp3) is 0.0667. The number of hydrogen-bond acceptors (Lipinski definition) is 2. The lowest BCUT2D eigenvalue weighted by Crippen LogP contribution is -2.30. The van der Waals surface area contributed by atoms with Crippen LogP contribution in [0.2, 0.25) is 0 Å². The van der Waals surface area contributed by atoms with Gasteiger partial charge >= 0.3 is 12.1 Å². The smallest absolute Gasteiger partial charge is 0.366 e. The normalized spacial score (nSPS) is 11.2. The molecule has 0 aromatic heterocycles. The van der Waals surface area contributed by atoms with Crippen LogP contribution in [-0.2, 0) is 4.79 Å². The highest BCUT2D eigenvalue weighted by Crippen LogP contribution is 2.33. The van der Waals surface area contributed by atoms with Crippen molar-refractivity contribution in [2.24, 2.45) is 5.73 Å². The second kappa shape index (κ2) is 6.26. The van der Waals surface area contributed by atoms with E-state index in [-0.39, 0.29) is 5.56 Å². The van der Waals surface area contributed by atoms with Crippen LogP contribution in [0.3, 0.4) is 0 Å². The molecule has 0 aliphatic rings. The highest BCUT2D eigenvalue weighted by atomic mass is 19.4. The van der Waals surface area contributed by atoms with Crippen LogP contribution in [0.25, 0.3) is 11.1 Å². The van der Waals surface area contributed by atoms with Crippen molar-refractivity contribution in [3.8, 4) is 11.1 Å². The first kappa shape index (κ1) is 17.4. The van der Waals surface area contributed by atoms with Crippen molar-refractivity contribution in [1.29, 1.82) is 0 Å². The Morgan fingerprint density at radius 1 is 1.00 bits per heavy atom. The molecule has 0 fully saturated rings. The highest BCUT2D eigenvalue weighted by Gasteiger charge is 2.39. The van der Waals surface area contributed by atoms with Crippen molar-refractivity contribution in [3.63, 3.8) is 0 Å². The summed E-state index contributed by atoms with van der Waals surface area (Å²) in [7, 11) is 0. The van der Waals surface area contributed by atoms with Gasteiger partial charge in [0.15, 0.2) is 11.6 Å². The predicted molar refractivity (Wildman–Crippen MR) is 75.0 cm³/mol. The van der Waals surface area contributed by atoms with E-state index in [1.165, 1.54) is 29.6 Å². The van der Waals surface area contributed by atoms with Crippen LogP contribution in [0, 0.1) is 11.6 Å². The molecule has 3 N–H and O–H groups in total. The number of benzene rings is 2.